The molecule has 1 aromatic heterocycles. The van der Waals surface area contributed by atoms with Crippen molar-refractivity contribution in [2.75, 3.05) is 0 Å². The second-order valence-electron chi connectivity index (χ2n) is 6.13. The average Bonchev–Trinajstić information content (AvgIpc) is 3.14. The number of aromatic amines is 1. The monoisotopic (exact) mass is 497 g/mol. The van der Waals surface area contributed by atoms with Crippen molar-refractivity contribution in [2.45, 2.75) is 0 Å². The van der Waals surface area contributed by atoms with E-state index in [1.165, 1.54) is 6.07 Å². The lowest BCUT2D eigenvalue weighted by Gasteiger charge is -2.03. The molecule has 0 aliphatic heterocycles. The maximum absolute atomic E-state index is 11.2. The topological polar surface area (TPSA) is 71.8 Å². The number of halogens is 2. The fourth-order valence-corrected chi connectivity index (χ4v) is 3.45. The number of nitrogens with one attached hydrogen (secondary N) is 1. The summed E-state index contributed by atoms with van der Waals surface area (Å²) in [6.07, 6.45) is 0. The van der Waals surface area contributed by atoms with E-state index < -0.39 is 4.92 Å². The van der Waals surface area contributed by atoms with E-state index in [0.717, 1.165) is 25.8 Å². The molecule has 1 N–H and O–H groups in total. The summed E-state index contributed by atoms with van der Waals surface area (Å²) in [4.78, 5) is 19.0. The number of H-pyrrole nitrogens is 1. The van der Waals surface area contributed by atoms with Gasteiger partial charge in [-0.3, -0.25) is 10.1 Å². The molecule has 0 unspecified atom stereocenters. The molecule has 4 aromatic rings. The zero-order valence-corrected chi connectivity index (χ0v) is 17.6. The van der Waals surface area contributed by atoms with E-state index in [-0.39, 0.29) is 5.69 Å². The summed E-state index contributed by atoms with van der Waals surface area (Å²) in [6.45, 7) is 0. The summed E-state index contributed by atoms with van der Waals surface area (Å²) < 4.78 is 1.95. The van der Waals surface area contributed by atoms with Gasteiger partial charge in [0.25, 0.3) is 5.69 Å². The van der Waals surface area contributed by atoms with Crippen molar-refractivity contribution >= 4 is 37.5 Å². The van der Waals surface area contributed by atoms with Gasteiger partial charge in [-0.25, -0.2) is 4.98 Å². The Labute approximate surface area is 177 Å². The summed E-state index contributed by atoms with van der Waals surface area (Å²) in [6, 6.07) is 22.2. The van der Waals surface area contributed by atoms with Crippen LogP contribution in [0.25, 0.3) is 33.9 Å². The van der Waals surface area contributed by atoms with Crippen molar-refractivity contribution in [1.29, 1.82) is 0 Å². The van der Waals surface area contributed by atoms with E-state index in [1.54, 1.807) is 12.1 Å². The van der Waals surface area contributed by atoms with Crippen LogP contribution in [0.4, 0.5) is 5.69 Å². The predicted octanol–water partition coefficient (Wildman–Crippen LogP) is 6.84. The summed E-state index contributed by atoms with van der Waals surface area (Å²) in [7, 11) is 0. The molecular weight excluding hydrogens is 486 g/mol. The zero-order chi connectivity index (χ0) is 19.7. The molecule has 0 spiro atoms. The van der Waals surface area contributed by atoms with Gasteiger partial charge in [0.1, 0.15) is 5.82 Å². The number of benzene rings is 3. The van der Waals surface area contributed by atoms with Crippen molar-refractivity contribution in [3.05, 3.63) is 91.9 Å². The Kier molecular flexibility index (Phi) is 5.11. The standard InChI is InChI=1S/C21H13Br2N3O2/c22-16-8-4-13(5-9-16)19-20(15-2-1-3-18(12-15)26(27)28)25-21(24-19)14-6-10-17(23)11-7-14/h1-12H,(H,24,25). The normalized spacial score (nSPS) is 10.8. The Bertz CT molecular complexity index is 1150. The largest absolute Gasteiger partial charge is 0.337 e. The molecular formula is C21H13Br2N3O2. The molecule has 138 valence electrons. The van der Waals surface area contributed by atoms with Crippen molar-refractivity contribution in [1.82, 2.24) is 9.97 Å². The van der Waals surface area contributed by atoms with Gasteiger partial charge < -0.3 is 4.98 Å². The molecule has 0 fully saturated rings. The van der Waals surface area contributed by atoms with Gasteiger partial charge in [0.05, 0.1) is 16.3 Å². The molecule has 7 heteroatoms. The van der Waals surface area contributed by atoms with Gasteiger partial charge in [0, 0.05) is 37.8 Å². The van der Waals surface area contributed by atoms with Gasteiger partial charge in [0.2, 0.25) is 0 Å². The minimum absolute atomic E-state index is 0.0347. The van der Waals surface area contributed by atoms with Crippen LogP contribution in [0, 0.1) is 10.1 Å². The highest BCUT2D eigenvalue weighted by Crippen LogP contribution is 2.35. The summed E-state index contributed by atoms with van der Waals surface area (Å²) >= 11 is 6.89. The van der Waals surface area contributed by atoms with E-state index in [0.29, 0.717) is 17.1 Å². The number of aromatic nitrogens is 2. The number of rotatable bonds is 4. The molecule has 0 saturated carbocycles. The predicted molar refractivity (Wildman–Crippen MR) is 117 cm³/mol. The van der Waals surface area contributed by atoms with E-state index in [9.17, 15) is 10.1 Å². The number of nitro groups is 1. The highest BCUT2D eigenvalue weighted by molar-refractivity contribution is 9.10. The Morgan fingerprint density at radius 3 is 2.04 bits per heavy atom. The summed E-state index contributed by atoms with van der Waals surface area (Å²) in [5.41, 5.74) is 4.08. The minimum Gasteiger partial charge on any atom is -0.337 e. The van der Waals surface area contributed by atoms with Crippen LogP contribution in [0.15, 0.2) is 81.7 Å². The lowest BCUT2D eigenvalue weighted by molar-refractivity contribution is -0.384. The first-order valence-corrected chi connectivity index (χ1v) is 9.96. The van der Waals surface area contributed by atoms with Gasteiger partial charge in [-0.1, -0.05) is 68.3 Å². The lowest BCUT2D eigenvalue weighted by atomic mass is 10.0. The van der Waals surface area contributed by atoms with Crippen molar-refractivity contribution in [2.24, 2.45) is 0 Å². The third-order valence-electron chi connectivity index (χ3n) is 4.28. The first-order valence-electron chi connectivity index (χ1n) is 8.38. The first kappa shape index (κ1) is 18.6. The number of imidazole rings is 1. The molecule has 0 saturated heterocycles. The number of non-ortho nitro benzene ring substituents is 1. The highest BCUT2D eigenvalue weighted by Gasteiger charge is 2.17. The van der Waals surface area contributed by atoms with E-state index >= 15 is 0 Å². The van der Waals surface area contributed by atoms with Crippen LogP contribution in [0.1, 0.15) is 0 Å². The van der Waals surface area contributed by atoms with Crippen LogP contribution in [-0.2, 0) is 0 Å². The van der Waals surface area contributed by atoms with Gasteiger partial charge in [0.15, 0.2) is 0 Å². The molecule has 1 heterocycles. The van der Waals surface area contributed by atoms with Gasteiger partial charge in [-0.05, 0) is 24.3 Å². The molecule has 4 rings (SSSR count). The van der Waals surface area contributed by atoms with Crippen molar-refractivity contribution < 1.29 is 4.92 Å². The average molecular weight is 499 g/mol. The fourth-order valence-electron chi connectivity index (χ4n) is 2.92. The molecule has 0 radical (unpaired) electrons. The van der Waals surface area contributed by atoms with Gasteiger partial charge >= 0.3 is 0 Å². The lowest BCUT2D eigenvalue weighted by Crippen LogP contribution is -1.89. The van der Waals surface area contributed by atoms with Crippen LogP contribution in [-0.4, -0.2) is 14.9 Å². The molecule has 5 nitrogen and oxygen atoms in total. The number of hydrogen-bond donors (Lipinski definition) is 1. The molecule has 0 aliphatic carbocycles. The maximum Gasteiger partial charge on any atom is 0.270 e. The van der Waals surface area contributed by atoms with Crippen LogP contribution < -0.4 is 0 Å². The number of hydrogen-bond acceptors (Lipinski definition) is 3. The van der Waals surface area contributed by atoms with E-state index in [4.69, 9.17) is 4.98 Å². The Morgan fingerprint density at radius 1 is 0.821 bits per heavy atom. The third-order valence-corrected chi connectivity index (χ3v) is 5.34. The summed E-state index contributed by atoms with van der Waals surface area (Å²) in [5, 5.41) is 11.2. The SMILES string of the molecule is O=[N+]([O-])c1cccc(-c2nc(-c3ccc(Br)cc3)[nH]c2-c2ccc(Br)cc2)c1. The van der Waals surface area contributed by atoms with Crippen LogP contribution in [0.2, 0.25) is 0 Å². The van der Waals surface area contributed by atoms with Gasteiger partial charge in [-0.15, -0.1) is 0 Å². The molecule has 0 amide bonds. The smallest absolute Gasteiger partial charge is 0.270 e. The molecule has 0 atom stereocenters. The van der Waals surface area contributed by atoms with Crippen LogP contribution in [0.3, 0.4) is 0 Å². The maximum atomic E-state index is 11.2. The second kappa shape index (κ2) is 7.69. The van der Waals surface area contributed by atoms with Crippen molar-refractivity contribution in [3.63, 3.8) is 0 Å². The number of nitro benzene ring substituents is 1. The third kappa shape index (κ3) is 3.76. The minimum atomic E-state index is -0.398. The Balaban J connectivity index is 1.90. The molecule has 0 bridgehead atoms. The Morgan fingerprint density at radius 2 is 1.43 bits per heavy atom. The van der Waals surface area contributed by atoms with E-state index in [2.05, 4.69) is 36.8 Å². The number of nitrogens with zero attached hydrogens (tertiary/aromatic N) is 2. The molecule has 3 aromatic carbocycles. The van der Waals surface area contributed by atoms with E-state index in [1.807, 2.05) is 54.6 Å². The van der Waals surface area contributed by atoms with Gasteiger partial charge in [-0.2, -0.15) is 0 Å². The first-order chi connectivity index (χ1) is 13.5. The fraction of sp³-hybridized carbons (Fsp3) is 0. The van der Waals surface area contributed by atoms with Crippen molar-refractivity contribution in [3.8, 4) is 33.9 Å². The molecule has 28 heavy (non-hydrogen) atoms. The molecule has 0 aliphatic rings. The zero-order valence-electron chi connectivity index (χ0n) is 14.4. The Hall–Kier alpha value is -2.77. The quantitative estimate of drug-likeness (QED) is 0.247. The summed E-state index contributed by atoms with van der Waals surface area (Å²) in [5.74, 6) is 0.701. The van der Waals surface area contributed by atoms with Crippen LogP contribution in [0.5, 0.6) is 0 Å². The van der Waals surface area contributed by atoms with Crippen LogP contribution >= 0.6 is 31.9 Å². The second-order valence-corrected chi connectivity index (χ2v) is 7.96. The highest BCUT2D eigenvalue weighted by atomic mass is 79.9.